The number of allylic oxidation sites excluding steroid dienone is 3. The number of hydrogen-bond acceptors (Lipinski definition) is 3. The van der Waals surface area contributed by atoms with Gasteiger partial charge in [0, 0.05) is 38.3 Å². The molecule has 0 saturated carbocycles. The lowest BCUT2D eigenvalue weighted by Crippen LogP contribution is -2.40. The molecule has 1 fully saturated rings. The molecule has 2 heterocycles. The molecule has 0 bridgehead atoms. The number of carbonyl (C=O) groups excluding carboxylic acids is 1. The van der Waals surface area contributed by atoms with Crippen LogP contribution in [0.5, 0.6) is 5.75 Å². The van der Waals surface area contributed by atoms with Crippen LogP contribution >= 0.6 is 0 Å². The van der Waals surface area contributed by atoms with Crippen LogP contribution in [-0.4, -0.2) is 54.6 Å². The monoisotopic (exact) mass is 538 g/mol. The molecule has 2 aromatic rings. The normalized spacial score (nSPS) is 20.3. The topological polar surface area (TPSA) is 57.5 Å². The van der Waals surface area contributed by atoms with Gasteiger partial charge in [0.2, 0.25) is 11.9 Å². The summed E-state index contributed by atoms with van der Waals surface area (Å²) in [5.74, 6) is 2.57. The van der Waals surface area contributed by atoms with Gasteiger partial charge in [0.05, 0.1) is 6.61 Å². The van der Waals surface area contributed by atoms with Crippen LogP contribution < -0.4 is 4.74 Å². The fourth-order valence-corrected chi connectivity index (χ4v) is 5.99. The lowest BCUT2D eigenvalue weighted by molar-refractivity contribution is -0.136. The van der Waals surface area contributed by atoms with Gasteiger partial charge in [-0.2, -0.15) is 0 Å². The fraction of sp³-hybridized carbons (Fsp3) is 0.441. The Bertz CT molecular complexity index is 1250. The Labute approximate surface area is 239 Å². The second-order valence-electron chi connectivity index (χ2n) is 11.1. The van der Waals surface area contributed by atoms with Crippen LogP contribution in [-0.2, 0) is 17.8 Å². The summed E-state index contributed by atoms with van der Waals surface area (Å²) in [5, 5.41) is 0. The average Bonchev–Trinajstić information content (AvgIpc) is 3.02. The van der Waals surface area contributed by atoms with Crippen molar-refractivity contribution in [2.24, 2.45) is 21.8 Å². The van der Waals surface area contributed by atoms with Crippen LogP contribution in [0.4, 0.5) is 0 Å². The number of amides is 1. The van der Waals surface area contributed by atoms with Gasteiger partial charge in [-0.25, -0.2) is 9.98 Å². The largest absolute Gasteiger partial charge is 0.493 e. The zero-order valence-electron chi connectivity index (χ0n) is 23.8. The average molecular weight is 539 g/mol. The van der Waals surface area contributed by atoms with E-state index in [-0.39, 0.29) is 5.92 Å². The van der Waals surface area contributed by atoms with Gasteiger partial charge < -0.3 is 14.5 Å². The molecule has 1 amide bonds. The highest BCUT2D eigenvalue weighted by Crippen LogP contribution is 2.33. The van der Waals surface area contributed by atoms with E-state index in [1.54, 1.807) is 0 Å². The number of carbonyl (C=O) groups is 1. The number of fused-ring (bicyclic) bond motifs is 1. The third-order valence-corrected chi connectivity index (χ3v) is 8.48. The molecule has 210 valence electrons. The lowest BCUT2D eigenvalue weighted by atomic mass is 9.85. The molecule has 1 unspecified atom stereocenters. The zero-order chi connectivity index (χ0) is 27.7. The minimum atomic E-state index is 0.0976. The number of rotatable bonds is 7. The van der Waals surface area contributed by atoms with Crippen LogP contribution in [0.1, 0.15) is 62.1 Å². The second-order valence-corrected chi connectivity index (χ2v) is 11.1. The van der Waals surface area contributed by atoms with E-state index < -0.39 is 0 Å². The summed E-state index contributed by atoms with van der Waals surface area (Å²) in [6, 6.07) is 17.0. The van der Waals surface area contributed by atoms with E-state index in [4.69, 9.17) is 4.74 Å². The van der Waals surface area contributed by atoms with Crippen molar-refractivity contribution in [1.29, 1.82) is 0 Å². The third-order valence-electron chi connectivity index (χ3n) is 8.48. The summed E-state index contributed by atoms with van der Waals surface area (Å²) in [5.41, 5.74) is 5.26. The van der Waals surface area contributed by atoms with Crippen LogP contribution in [0.3, 0.4) is 0 Å². The first-order valence-electron chi connectivity index (χ1n) is 14.9. The Morgan fingerprint density at radius 1 is 1.00 bits per heavy atom. The number of likely N-dealkylation sites (tertiary alicyclic amines) is 1. The summed E-state index contributed by atoms with van der Waals surface area (Å²) in [6.45, 7) is 9.94. The van der Waals surface area contributed by atoms with Crippen LogP contribution in [0.2, 0.25) is 0 Å². The van der Waals surface area contributed by atoms with E-state index in [2.05, 4.69) is 88.0 Å². The maximum atomic E-state index is 13.2. The summed E-state index contributed by atoms with van der Waals surface area (Å²) in [6.07, 6.45) is 12.8. The minimum Gasteiger partial charge on any atom is -0.493 e. The van der Waals surface area contributed by atoms with Gasteiger partial charge in [0.25, 0.3) is 0 Å². The number of guanidine groups is 1. The van der Waals surface area contributed by atoms with Crippen molar-refractivity contribution in [2.45, 2.75) is 58.4 Å². The number of piperidine rings is 1. The number of nitrogens with zero attached hydrogens (tertiary/aromatic N) is 4. The van der Waals surface area contributed by atoms with Gasteiger partial charge >= 0.3 is 0 Å². The van der Waals surface area contributed by atoms with Crippen molar-refractivity contribution in [2.75, 3.05) is 26.2 Å². The predicted molar refractivity (Wildman–Crippen MR) is 164 cm³/mol. The molecule has 3 aliphatic rings. The van der Waals surface area contributed by atoms with Crippen molar-refractivity contribution in [3.63, 3.8) is 0 Å². The van der Waals surface area contributed by atoms with Crippen molar-refractivity contribution >= 4 is 24.2 Å². The molecule has 2 aromatic carbocycles. The van der Waals surface area contributed by atoms with E-state index in [0.29, 0.717) is 17.8 Å². The summed E-state index contributed by atoms with van der Waals surface area (Å²) in [4.78, 5) is 26.1. The van der Waals surface area contributed by atoms with Gasteiger partial charge in [0.1, 0.15) is 5.75 Å². The molecule has 5 rings (SSSR count). The van der Waals surface area contributed by atoms with E-state index >= 15 is 0 Å². The van der Waals surface area contributed by atoms with Gasteiger partial charge in [-0.15, -0.1) is 0 Å². The summed E-state index contributed by atoms with van der Waals surface area (Å²) >= 11 is 0. The zero-order valence-corrected chi connectivity index (χ0v) is 23.8. The van der Waals surface area contributed by atoms with Gasteiger partial charge in [0.15, 0.2) is 0 Å². The molecule has 6 heteroatoms. The standard InChI is InChI=1S/C34H42N4O2/c1-3-4-20-36-34(35-2)37-21-17-26(18-22-37)25-40-32-15-13-29(14-16-32)28-9-11-30(12-10-28)33(39)38-23-19-27-7-5-6-8-31(27)24-38/h4-9,13-16,20,26,30H,2-3,10-12,17-19,21-25H2,1H3/b20-4+,36-34?. The molecule has 6 nitrogen and oxygen atoms in total. The van der Waals surface area contributed by atoms with Gasteiger partial charge in [-0.3, -0.25) is 4.79 Å². The predicted octanol–water partition coefficient (Wildman–Crippen LogP) is 6.53. The van der Waals surface area contributed by atoms with Crippen molar-refractivity contribution in [3.8, 4) is 5.75 Å². The maximum Gasteiger partial charge on any atom is 0.226 e. The number of hydrogen-bond donors (Lipinski definition) is 0. The highest BCUT2D eigenvalue weighted by Gasteiger charge is 2.28. The van der Waals surface area contributed by atoms with Crippen LogP contribution in [0.15, 0.2) is 76.9 Å². The summed E-state index contributed by atoms with van der Waals surface area (Å²) in [7, 11) is 0. The smallest absolute Gasteiger partial charge is 0.226 e. The molecule has 0 radical (unpaired) electrons. The first kappa shape index (κ1) is 27.9. The second kappa shape index (κ2) is 13.6. The molecule has 0 N–H and O–H groups in total. The Morgan fingerprint density at radius 3 is 2.48 bits per heavy atom. The van der Waals surface area contributed by atoms with E-state index in [9.17, 15) is 4.79 Å². The van der Waals surface area contributed by atoms with E-state index in [1.807, 2.05) is 12.3 Å². The molecule has 0 spiro atoms. The third kappa shape index (κ3) is 6.90. The SMILES string of the molecule is C=NC(=N/C=C/CC)N1CCC(COc2ccc(C3=CCC(C(=O)N4CCc5ccccc5C4)CC3)cc2)CC1. The highest BCUT2D eigenvalue weighted by atomic mass is 16.5. The van der Waals surface area contributed by atoms with Crippen molar-refractivity contribution in [3.05, 3.63) is 83.6 Å². The molecular formula is C34H42N4O2. The van der Waals surface area contributed by atoms with Gasteiger partial charge in [-0.1, -0.05) is 55.5 Å². The van der Waals surface area contributed by atoms with Crippen LogP contribution in [0, 0.1) is 11.8 Å². The first-order chi connectivity index (χ1) is 19.6. The van der Waals surface area contributed by atoms with E-state index in [0.717, 1.165) is 83.5 Å². The molecule has 1 aliphatic carbocycles. The molecule has 1 saturated heterocycles. The molecular weight excluding hydrogens is 496 g/mol. The van der Waals surface area contributed by atoms with E-state index in [1.165, 1.54) is 22.3 Å². The Kier molecular flexibility index (Phi) is 9.48. The van der Waals surface area contributed by atoms with Gasteiger partial charge in [-0.05, 0) is 92.0 Å². The first-order valence-corrected chi connectivity index (χ1v) is 14.9. The quantitative estimate of drug-likeness (QED) is 0.298. The number of benzene rings is 2. The number of ether oxygens (including phenoxy) is 1. The Morgan fingerprint density at radius 2 is 1.77 bits per heavy atom. The lowest BCUT2D eigenvalue weighted by Gasteiger charge is -2.33. The Hall–Kier alpha value is -3.67. The van der Waals surface area contributed by atoms with Crippen molar-refractivity contribution < 1.29 is 9.53 Å². The minimum absolute atomic E-state index is 0.0976. The molecule has 40 heavy (non-hydrogen) atoms. The molecule has 0 aromatic heterocycles. The van der Waals surface area contributed by atoms with Crippen LogP contribution in [0.25, 0.3) is 5.57 Å². The fourth-order valence-electron chi connectivity index (χ4n) is 5.99. The maximum absolute atomic E-state index is 13.2. The molecule has 1 atom stereocenters. The Balaban J connectivity index is 1.07. The number of aliphatic imine (C=N–C) groups is 2. The summed E-state index contributed by atoms with van der Waals surface area (Å²) < 4.78 is 6.16. The highest BCUT2D eigenvalue weighted by molar-refractivity contribution is 5.84. The molecule has 2 aliphatic heterocycles. The van der Waals surface area contributed by atoms with Crippen molar-refractivity contribution in [1.82, 2.24) is 9.80 Å².